The summed E-state index contributed by atoms with van der Waals surface area (Å²) >= 11 is 1.90. The Labute approximate surface area is 293 Å². The highest BCUT2D eigenvalue weighted by atomic mass is 32.2. The van der Waals surface area contributed by atoms with Crippen LogP contribution in [0, 0.1) is 11.6 Å². The van der Waals surface area contributed by atoms with E-state index < -0.39 is 75.2 Å². The highest BCUT2D eigenvalue weighted by Gasteiger charge is 2.54. The fourth-order valence-corrected chi connectivity index (χ4v) is 7.53. The zero-order valence-corrected chi connectivity index (χ0v) is 27.4. The predicted molar refractivity (Wildman–Crippen MR) is 177 cm³/mol. The molecule has 0 spiro atoms. The van der Waals surface area contributed by atoms with Crippen molar-refractivity contribution in [2.75, 3.05) is 11.5 Å². The fraction of sp³-hybridized carbons (Fsp3) is 0.156. The Kier molecular flexibility index (Phi) is 9.32. The zero-order chi connectivity index (χ0) is 36.6. The number of nitrogens with one attached hydrogen (secondary N) is 1. The summed E-state index contributed by atoms with van der Waals surface area (Å²) in [6.07, 6.45) is 5.72. The van der Waals surface area contributed by atoms with Gasteiger partial charge >= 0.3 is 17.5 Å². The second-order valence-corrected chi connectivity index (χ2v) is 13.0. The number of pyridine rings is 1. The van der Waals surface area contributed by atoms with Crippen molar-refractivity contribution in [1.82, 2.24) is 15.2 Å². The zero-order valence-electron chi connectivity index (χ0n) is 25.8. The van der Waals surface area contributed by atoms with Gasteiger partial charge in [-0.3, -0.25) is 14.5 Å². The number of benzene rings is 2. The van der Waals surface area contributed by atoms with Crippen LogP contribution in [0.1, 0.15) is 11.3 Å². The molecule has 7 N–H and O–H groups in total. The number of nitrogens with two attached hydrogens (primary N) is 1. The Hall–Kier alpha value is -6.08. The average molecular weight is 740 g/mol. The van der Waals surface area contributed by atoms with E-state index in [0.717, 1.165) is 21.2 Å². The fourth-order valence-electron chi connectivity index (χ4n) is 5.61. The molecule has 19 heteroatoms. The Bertz CT molecular complexity index is 2210. The largest absolute Gasteiger partial charge is 0.502 e. The lowest BCUT2D eigenvalue weighted by Crippen LogP contribution is -2.70. The molecule has 262 valence electrons. The van der Waals surface area contributed by atoms with E-state index in [2.05, 4.69) is 15.5 Å². The maximum atomic E-state index is 15.1. The van der Waals surface area contributed by atoms with Gasteiger partial charge in [0.15, 0.2) is 41.0 Å². The molecule has 1 fully saturated rings. The molecule has 2 aromatic heterocycles. The molecular formula is C32H25F2N6O9S2+. The number of aromatic nitrogens is 2. The molecule has 4 aromatic rings. The number of halogens is 2. The number of carboxylic acids is 2. The number of para-hydroxylation sites is 1. The van der Waals surface area contributed by atoms with Gasteiger partial charge in [0.1, 0.15) is 29.0 Å². The molecule has 15 nitrogen and oxygen atoms in total. The van der Waals surface area contributed by atoms with Crippen LogP contribution in [0.15, 0.2) is 82.6 Å². The van der Waals surface area contributed by atoms with Crippen LogP contribution < -0.4 is 15.6 Å². The predicted octanol–water partition coefficient (Wildman–Crippen LogP) is 2.18. The second-order valence-electron chi connectivity index (χ2n) is 11.0. The first-order valence-corrected chi connectivity index (χ1v) is 16.6. The van der Waals surface area contributed by atoms with Gasteiger partial charge in [-0.15, -0.1) is 23.1 Å². The number of oxime groups is 1. The Morgan fingerprint density at radius 3 is 2.63 bits per heavy atom. The Morgan fingerprint density at radius 2 is 1.92 bits per heavy atom. The van der Waals surface area contributed by atoms with Crippen molar-refractivity contribution in [3.8, 4) is 11.5 Å². The van der Waals surface area contributed by atoms with Crippen molar-refractivity contribution in [2.45, 2.75) is 23.6 Å². The number of carbonyl (C=O) groups excluding carboxylic acids is 2. The van der Waals surface area contributed by atoms with Gasteiger partial charge in [0.2, 0.25) is 5.52 Å². The molecule has 3 atom stereocenters. The lowest BCUT2D eigenvalue weighted by atomic mass is 9.89. The van der Waals surface area contributed by atoms with Gasteiger partial charge in [-0.1, -0.05) is 23.4 Å². The van der Waals surface area contributed by atoms with Crippen LogP contribution in [0.2, 0.25) is 0 Å². The van der Waals surface area contributed by atoms with Crippen LogP contribution in [0.5, 0.6) is 11.5 Å². The smallest absolute Gasteiger partial charge is 0.362 e. The number of phenolic OH excluding ortho intramolecular Hbond substituents is 2. The number of amides is 2. The summed E-state index contributed by atoms with van der Waals surface area (Å²) in [5.41, 5.74) is 1.81. The maximum absolute atomic E-state index is 15.1. The highest BCUT2D eigenvalue weighted by Crippen LogP contribution is 2.43. The van der Waals surface area contributed by atoms with Gasteiger partial charge in [-0.2, -0.15) is 4.57 Å². The summed E-state index contributed by atoms with van der Waals surface area (Å²) in [5, 5.41) is 46.4. The minimum Gasteiger partial charge on any atom is -0.502 e. The normalized spacial score (nSPS) is 18.5. The summed E-state index contributed by atoms with van der Waals surface area (Å²) in [6.45, 7) is 0.425. The lowest BCUT2D eigenvalue weighted by molar-refractivity contribution is -0.661. The maximum Gasteiger partial charge on any atom is 0.362 e. The lowest BCUT2D eigenvalue weighted by Gasteiger charge is -2.49. The first-order chi connectivity index (χ1) is 24.3. The first kappa shape index (κ1) is 34.8. The van der Waals surface area contributed by atoms with Crippen molar-refractivity contribution < 1.29 is 57.8 Å². The van der Waals surface area contributed by atoms with E-state index in [1.165, 1.54) is 11.8 Å². The van der Waals surface area contributed by atoms with Crippen LogP contribution in [0.4, 0.5) is 13.9 Å². The molecule has 51 heavy (non-hydrogen) atoms. The molecule has 0 aliphatic carbocycles. The van der Waals surface area contributed by atoms with Crippen molar-refractivity contribution in [1.29, 1.82) is 0 Å². The van der Waals surface area contributed by atoms with E-state index >= 15 is 4.39 Å². The highest BCUT2D eigenvalue weighted by molar-refractivity contribution is 8.00. The van der Waals surface area contributed by atoms with Crippen LogP contribution in [0.3, 0.4) is 0 Å². The van der Waals surface area contributed by atoms with Crippen molar-refractivity contribution in [2.24, 2.45) is 5.16 Å². The molecule has 2 aliphatic heterocycles. The molecule has 1 unspecified atom stereocenters. The van der Waals surface area contributed by atoms with Gasteiger partial charge < -0.3 is 36.3 Å². The SMILES string of the molecule is Nc1nc(C(ON=CC(=O)N[C@H]2C(=O)N3C(C(=O)O)=C(C=CC[n+]4cccc5ccccc54)CS[C@@H]23)(C(=O)O)c2cc(F)c(O)c(O)c2F)cs1. The quantitative estimate of drug-likeness (QED) is 0.0428. The molecule has 4 heterocycles. The van der Waals surface area contributed by atoms with Crippen molar-refractivity contribution >= 4 is 69.1 Å². The van der Waals surface area contributed by atoms with Crippen molar-refractivity contribution in [3.63, 3.8) is 0 Å². The van der Waals surface area contributed by atoms with E-state index in [-0.39, 0.29) is 22.6 Å². The van der Waals surface area contributed by atoms with Crippen molar-refractivity contribution in [3.05, 3.63) is 100 Å². The number of hydrogen-bond acceptors (Lipinski definition) is 12. The first-order valence-electron chi connectivity index (χ1n) is 14.7. The monoisotopic (exact) mass is 739 g/mol. The number of nitrogens with zero attached hydrogens (tertiary/aromatic N) is 4. The average Bonchev–Trinajstić information content (AvgIpc) is 3.55. The topological polar surface area (TPSA) is 229 Å². The number of carboxylic acid groups (broad SMARTS) is 2. The molecule has 0 radical (unpaired) electrons. The van der Waals surface area contributed by atoms with Gasteiger partial charge in [0.05, 0.1) is 5.56 Å². The molecule has 6 rings (SSSR count). The third-order valence-electron chi connectivity index (χ3n) is 8.00. The number of hydrogen-bond donors (Lipinski definition) is 6. The molecule has 2 amide bonds. The molecule has 2 aliphatic rings. The summed E-state index contributed by atoms with van der Waals surface area (Å²) in [7, 11) is 0. The second kappa shape index (κ2) is 13.7. The van der Waals surface area contributed by atoms with Crippen LogP contribution in [-0.4, -0.2) is 77.4 Å². The van der Waals surface area contributed by atoms with Gasteiger partial charge in [-0.05, 0) is 29.8 Å². The van der Waals surface area contributed by atoms with Crippen LogP contribution in [0.25, 0.3) is 10.9 Å². The van der Waals surface area contributed by atoms with Gasteiger partial charge in [-0.25, -0.2) is 23.4 Å². The third kappa shape index (κ3) is 6.16. The standard InChI is InChI=1S/C32H24F2N6O9S2/c33-18-11-17(22(34)26(43)25(18)42)32(30(47)48,20-14-51-31(35)37-20)49-36-12-21(41)38-23-27(44)40-24(29(45)46)16(13-50-28(23)40)7-4-10-39-9-3-6-15-5-1-2-8-19(15)39/h1-9,11-12,14,23,28H,10,13H2,(H6-,35,36,37,38,41,42,43,45,46,47,48)/p+1/t23-,28-,32?/m0/s1. The number of β-lactam (4-membered cyclic amide) rings is 1. The number of allylic oxidation sites excluding steroid dienone is 2. The van der Waals surface area contributed by atoms with E-state index in [1.807, 2.05) is 47.2 Å². The molecule has 0 bridgehead atoms. The molecular weight excluding hydrogens is 715 g/mol. The van der Waals surface area contributed by atoms with E-state index in [9.17, 15) is 44.0 Å². The van der Waals surface area contributed by atoms with Gasteiger partial charge in [0.25, 0.3) is 11.8 Å². The van der Waals surface area contributed by atoms with Crippen LogP contribution >= 0.6 is 23.1 Å². The Morgan fingerprint density at radius 1 is 1.18 bits per heavy atom. The Balaban J connectivity index is 1.19. The van der Waals surface area contributed by atoms with E-state index in [4.69, 9.17) is 10.6 Å². The molecule has 2 aromatic carbocycles. The number of fused-ring (bicyclic) bond motifs is 2. The number of carbonyl (C=O) groups is 4. The summed E-state index contributed by atoms with van der Waals surface area (Å²) in [5.74, 6) is -11.5. The summed E-state index contributed by atoms with van der Waals surface area (Å²) in [4.78, 5) is 60.7. The minimum absolute atomic E-state index is 0.190. The number of aliphatic carboxylic acids is 2. The minimum atomic E-state index is -3.12. The number of anilines is 1. The number of rotatable bonds is 11. The number of aromatic hydroxyl groups is 2. The van der Waals surface area contributed by atoms with Gasteiger partial charge in [0, 0.05) is 28.7 Å². The number of phenols is 2. The van der Waals surface area contributed by atoms with E-state index in [1.54, 1.807) is 12.2 Å². The summed E-state index contributed by atoms with van der Waals surface area (Å²) in [6, 6.07) is 10.7. The molecule has 0 saturated carbocycles. The third-order valence-corrected chi connectivity index (χ3v) is 9.97. The van der Waals surface area contributed by atoms with Crippen LogP contribution in [-0.2, 0) is 36.2 Å². The molecule has 1 saturated heterocycles. The van der Waals surface area contributed by atoms with E-state index in [0.29, 0.717) is 29.7 Å². The number of nitrogen functional groups attached to an aromatic ring is 1. The number of thiazole rings is 1. The number of thioether (sulfide) groups is 1. The summed E-state index contributed by atoms with van der Waals surface area (Å²) < 4.78 is 31.5.